The second-order valence-corrected chi connectivity index (χ2v) is 7.28. The van der Waals surface area contributed by atoms with E-state index in [2.05, 4.69) is 4.98 Å². The number of ketones is 1. The largest absolute Gasteiger partial charge is 0.489 e. The Balaban J connectivity index is 3.46. The van der Waals surface area contributed by atoms with Crippen molar-refractivity contribution < 1.29 is 33.2 Å². The SMILES string of the molecule is COCOc1nc(OC)c(OC)c(OCOC)c1C(=O)[C@@H](C)C[C@@H](C)[C@@H](Cl)CCl. The molecule has 0 saturated carbocycles. The number of carbonyl (C=O) groups is 1. The molecular weight excluding hydrogens is 425 g/mol. The highest BCUT2D eigenvalue weighted by atomic mass is 35.5. The van der Waals surface area contributed by atoms with Crippen molar-refractivity contribution in [2.75, 3.05) is 47.9 Å². The Labute approximate surface area is 181 Å². The van der Waals surface area contributed by atoms with Crippen LogP contribution < -0.4 is 18.9 Å². The normalized spacial score (nSPS) is 14.1. The number of alkyl halides is 2. The Morgan fingerprint density at radius 3 is 2.10 bits per heavy atom. The van der Waals surface area contributed by atoms with Gasteiger partial charge in [-0.05, 0) is 12.3 Å². The molecule has 1 aromatic heterocycles. The van der Waals surface area contributed by atoms with Crippen LogP contribution >= 0.6 is 23.2 Å². The number of hydrogen-bond acceptors (Lipinski definition) is 8. The summed E-state index contributed by atoms with van der Waals surface area (Å²) in [5, 5.41) is -0.246. The van der Waals surface area contributed by atoms with Crippen LogP contribution in [0.4, 0.5) is 0 Å². The number of nitrogens with zero attached hydrogens (tertiary/aromatic N) is 1. The first kappa shape index (κ1) is 25.6. The van der Waals surface area contributed by atoms with E-state index in [1.807, 2.05) is 6.92 Å². The zero-order chi connectivity index (χ0) is 22.0. The van der Waals surface area contributed by atoms with Gasteiger partial charge in [-0.2, -0.15) is 4.98 Å². The van der Waals surface area contributed by atoms with Crippen LogP contribution in [0, 0.1) is 11.8 Å². The lowest BCUT2D eigenvalue weighted by Gasteiger charge is -2.23. The molecule has 1 rings (SSSR count). The Kier molecular flexibility index (Phi) is 11.4. The Hall–Kier alpha value is -1.48. The standard InChI is InChI=1S/C19H29Cl2NO7/c1-11(13(21)8-20)7-12(2)15(23)14-16(28-9-24-3)17(26-5)19(27-6)22-18(14)29-10-25-4/h11-13H,7-10H2,1-6H3/t11-,12+,13+/m1/s1. The summed E-state index contributed by atoms with van der Waals surface area (Å²) in [4.78, 5) is 17.6. The monoisotopic (exact) mass is 453 g/mol. The van der Waals surface area contributed by atoms with E-state index in [4.69, 9.17) is 51.6 Å². The molecule has 29 heavy (non-hydrogen) atoms. The second kappa shape index (κ2) is 13.0. The van der Waals surface area contributed by atoms with Gasteiger partial charge in [0.25, 0.3) is 5.88 Å². The van der Waals surface area contributed by atoms with Gasteiger partial charge in [-0.15, -0.1) is 23.2 Å². The van der Waals surface area contributed by atoms with Gasteiger partial charge in [0, 0.05) is 31.4 Å². The quantitative estimate of drug-likeness (QED) is 0.239. The molecule has 0 aromatic carbocycles. The molecule has 0 bridgehead atoms. The van der Waals surface area contributed by atoms with Crippen LogP contribution in [0.3, 0.4) is 0 Å². The lowest BCUT2D eigenvalue weighted by atomic mass is 9.89. The third-order valence-electron chi connectivity index (χ3n) is 4.26. The second-order valence-electron chi connectivity index (χ2n) is 6.41. The van der Waals surface area contributed by atoms with Gasteiger partial charge in [0.15, 0.2) is 25.1 Å². The van der Waals surface area contributed by atoms with Crippen LogP contribution in [-0.2, 0) is 9.47 Å². The highest BCUT2D eigenvalue weighted by Crippen LogP contribution is 2.44. The average Bonchev–Trinajstić information content (AvgIpc) is 2.73. The summed E-state index contributed by atoms with van der Waals surface area (Å²) in [5.41, 5.74) is 0.119. The van der Waals surface area contributed by atoms with Crippen molar-refractivity contribution in [2.24, 2.45) is 11.8 Å². The van der Waals surface area contributed by atoms with Gasteiger partial charge in [-0.1, -0.05) is 13.8 Å². The summed E-state index contributed by atoms with van der Waals surface area (Å²) >= 11 is 12.1. The average molecular weight is 454 g/mol. The van der Waals surface area contributed by atoms with Gasteiger partial charge in [0.2, 0.25) is 11.6 Å². The van der Waals surface area contributed by atoms with Gasteiger partial charge in [0.05, 0.1) is 14.2 Å². The molecular formula is C19H29Cl2NO7. The van der Waals surface area contributed by atoms with Crippen molar-refractivity contribution in [3.8, 4) is 23.3 Å². The topological polar surface area (TPSA) is 85.3 Å². The zero-order valence-electron chi connectivity index (χ0n) is 17.6. The molecule has 0 aliphatic heterocycles. The Morgan fingerprint density at radius 2 is 1.59 bits per heavy atom. The third kappa shape index (κ3) is 6.77. The molecule has 8 nitrogen and oxygen atoms in total. The third-order valence-corrected chi connectivity index (χ3v) is 5.34. The Bertz CT molecular complexity index is 660. The summed E-state index contributed by atoms with van der Waals surface area (Å²) in [6.45, 7) is 3.51. The van der Waals surface area contributed by atoms with Gasteiger partial charge in [-0.3, -0.25) is 4.79 Å². The highest BCUT2D eigenvalue weighted by Gasteiger charge is 2.32. The maximum absolute atomic E-state index is 13.4. The first-order chi connectivity index (χ1) is 13.9. The molecule has 3 atom stereocenters. The fraction of sp³-hybridized carbons (Fsp3) is 0.684. The van der Waals surface area contributed by atoms with E-state index in [1.54, 1.807) is 6.92 Å². The number of halogens is 2. The maximum atomic E-state index is 13.4. The number of hydrogen-bond donors (Lipinski definition) is 0. The summed E-state index contributed by atoms with van der Waals surface area (Å²) in [6, 6.07) is 0. The Morgan fingerprint density at radius 1 is 0.966 bits per heavy atom. The predicted octanol–water partition coefficient (Wildman–Crippen LogP) is 3.76. The fourth-order valence-corrected chi connectivity index (χ4v) is 3.13. The van der Waals surface area contributed by atoms with E-state index in [0.29, 0.717) is 12.3 Å². The van der Waals surface area contributed by atoms with Crippen molar-refractivity contribution in [2.45, 2.75) is 25.6 Å². The maximum Gasteiger partial charge on any atom is 0.264 e. The zero-order valence-corrected chi connectivity index (χ0v) is 19.1. The number of ether oxygens (including phenoxy) is 6. The summed E-state index contributed by atoms with van der Waals surface area (Å²) < 4.78 is 31.8. The number of aromatic nitrogens is 1. The van der Waals surface area contributed by atoms with Crippen LogP contribution in [0.15, 0.2) is 0 Å². The molecule has 1 aromatic rings. The molecule has 10 heteroatoms. The molecule has 0 unspecified atom stereocenters. The van der Waals surface area contributed by atoms with Gasteiger partial charge in [-0.25, -0.2) is 0 Å². The fourth-order valence-electron chi connectivity index (χ4n) is 2.73. The highest BCUT2D eigenvalue weighted by molar-refractivity contribution is 6.28. The van der Waals surface area contributed by atoms with Crippen molar-refractivity contribution in [1.82, 2.24) is 4.98 Å². The minimum absolute atomic E-state index is 0.0138. The first-order valence-corrected chi connectivity index (χ1v) is 9.96. The molecule has 0 radical (unpaired) electrons. The molecule has 0 amide bonds. The van der Waals surface area contributed by atoms with Crippen LogP contribution in [-0.4, -0.2) is 64.0 Å². The van der Waals surface area contributed by atoms with E-state index >= 15 is 0 Å². The van der Waals surface area contributed by atoms with Gasteiger partial charge >= 0.3 is 0 Å². The summed E-state index contributed by atoms with van der Waals surface area (Å²) in [7, 11) is 5.77. The number of carbonyl (C=O) groups excluding carboxylic acids is 1. The van der Waals surface area contributed by atoms with E-state index in [0.717, 1.165) is 0 Å². The summed E-state index contributed by atoms with van der Waals surface area (Å²) in [5.74, 6) is 0.0555. The number of methoxy groups -OCH3 is 4. The van der Waals surface area contributed by atoms with Crippen LogP contribution in [0.2, 0.25) is 0 Å². The lowest BCUT2D eigenvalue weighted by molar-refractivity contribution is 0.0397. The number of pyridine rings is 1. The van der Waals surface area contributed by atoms with Crippen LogP contribution in [0.5, 0.6) is 23.3 Å². The van der Waals surface area contributed by atoms with Gasteiger partial charge in [0.1, 0.15) is 5.56 Å². The molecule has 166 valence electrons. The molecule has 0 saturated heterocycles. The van der Waals surface area contributed by atoms with Crippen molar-refractivity contribution in [3.05, 3.63) is 5.56 Å². The number of Topliss-reactive ketones (excluding diaryl/α,β-unsaturated/α-hetero) is 1. The number of rotatable bonds is 14. The summed E-state index contributed by atoms with van der Waals surface area (Å²) in [6.07, 6.45) is 0.515. The van der Waals surface area contributed by atoms with E-state index in [1.165, 1.54) is 28.4 Å². The van der Waals surface area contributed by atoms with E-state index in [9.17, 15) is 4.79 Å². The van der Waals surface area contributed by atoms with Crippen LogP contribution in [0.25, 0.3) is 0 Å². The minimum atomic E-state index is -0.413. The molecule has 0 aliphatic rings. The molecule has 0 N–H and O–H groups in total. The molecule has 1 heterocycles. The molecule has 0 spiro atoms. The van der Waals surface area contributed by atoms with E-state index < -0.39 is 5.92 Å². The van der Waals surface area contributed by atoms with Crippen molar-refractivity contribution >= 4 is 29.0 Å². The van der Waals surface area contributed by atoms with Gasteiger partial charge < -0.3 is 28.4 Å². The molecule has 0 aliphatic carbocycles. The predicted molar refractivity (Wildman–Crippen MR) is 110 cm³/mol. The molecule has 0 fully saturated rings. The van der Waals surface area contributed by atoms with E-state index in [-0.39, 0.29) is 59.5 Å². The first-order valence-electron chi connectivity index (χ1n) is 8.99. The van der Waals surface area contributed by atoms with Crippen molar-refractivity contribution in [3.63, 3.8) is 0 Å². The lowest BCUT2D eigenvalue weighted by Crippen LogP contribution is -2.22. The smallest absolute Gasteiger partial charge is 0.264 e. The van der Waals surface area contributed by atoms with Crippen molar-refractivity contribution in [1.29, 1.82) is 0 Å². The minimum Gasteiger partial charge on any atom is -0.489 e. The van der Waals surface area contributed by atoms with Crippen LogP contribution in [0.1, 0.15) is 30.6 Å².